The van der Waals surface area contributed by atoms with Gasteiger partial charge in [0.25, 0.3) is 0 Å². The van der Waals surface area contributed by atoms with E-state index in [0.717, 1.165) is 0 Å². The van der Waals surface area contributed by atoms with Crippen LogP contribution < -0.4 is 14.2 Å². The topological polar surface area (TPSA) is 94.1 Å². The summed E-state index contributed by atoms with van der Waals surface area (Å²) in [5.74, 6) is 0. The van der Waals surface area contributed by atoms with Crippen molar-refractivity contribution < 1.29 is 28.4 Å². The molecule has 0 unspecified atom stereocenters. The Morgan fingerprint density at radius 1 is 0.619 bits per heavy atom. The van der Waals surface area contributed by atoms with E-state index in [-0.39, 0.29) is 38.4 Å². The predicted molar refractivity (Wildman–Crippen MR) is 70.2 cm³/mol. The van der Waals surface area contributed by atoms with E-state index in [0.29, 0.717) is 0 Å². The summed E-state index contributed by atoms with van der Waals surface area (Å²) in [6.07, 6.45) is 3.64. The normalized spacial score (nSPS) is 9.14. The molecular weight excluding hydrogens is 282 g/mol. The predicted octanol–water partition coefficient (Wildman–Crippen LogP) is 1.36. The summed E-state index contributed by atoms with van der Waals surface area (Å²) in [5.41, 5.74) is 0. The van der Waals surface area contributed by atoms with Crippen LogP contribution in [0.3, 0.4) is 0 Å². The smallest absolute Gasteiger partial charge is 0.328 e. The second-order valence-corrected chi connectivity index (χ2v) is 2.97. The molecule has 1 rings (SSSR count). The third-order valence-electron chi connectivity index (χ3n) is 1.70. The van der Waals surface area contributed by atoms with Crippen LogP contribution in [-0.4, -0.2) is 35.3 Å². The number of rotatable bonds is 12. The zero-order valence-electron chi connectivity index (χ0n) is 11.3. The maximum Gasteiger partial charge on any atom is 0.328 e. The Morgan fingerprint density at radius 3 is 1.14 bits per heavy atom. The van der Waals surface area contributed by atoms with Gasteiger partial charge in [-0.05, 0) is 0 Å². The minimum Gasteiger partial charge on any atom is -0.466 e. The molecule has 0 spiro atoms. The van der Waals surface area contributed by atoms with Crippen LogP contribution in [0.5, 0.6) is 18.0 Å². The molecule has 0 bridgehead atoms. The van der Waals surface area contributed by atoms with Crippen molar-refractivity contribution in [1.82, 2.24) is 15.0 Å². The SMILES string of the molecule is C=COCOc1nc(OCOC=C)nc(OCOC=C)n1. The van der Waals surface area contributed by atoms with Crippen molar-refractivity contribution in [2.24, 2.45) is 0 Å². The zero-order chi connectivity index (χ0) is 15.3. The lowest BCUT2D eigenvalue weighted by Gasteiger charge is -2.09. The van der Waals surface area contributed by atoms with Crippen molar-refractivity contribution in [2.45, 2.75) is 0 Å². The first-order valence-corrected chi connectivity index (χ1v) is 5.62. The lowest BCUT2D eigenvalue weighted by atomic mass is 10.9. The maximum absolute atomic E-state index is 5.10. The van der Waals surface area contributed by atoms with Crippen LogP contribution in [0, 0.1) is 0 Å². The van der Waals surface area contributed by atoms with E-state index >= 15 is 0 Å². The van der Waals surface area contributed by atoms with Crippen LogP contribution >= 0.6 is 0 Å². The highest BCUT2D eigenvalue weighted by Crippen LogP contribution is 2.14. The quantitative estimate of drug-likeness (QED) is 0.322. The largest absolute Gasteiger partial charge is 0.466 e. The van der Waals surface area contributed by atoms with E-state index in [2.05, 4.69) is 34.7 Å². The lowest BCUT2D eigenvalue weighted by Crippen LogP contribution is -2.10. The summed E-state index contributed by atoms with van der Waals surface area (Å²) in [6.45, 7) is 9.73. The summed E-state index contributed by atoms with van der Waals surface area (Å²) in [4.78, 5) is 11.6. The fourth-order valence-electron chi connectivity index (χ4n) is 0.919. The minimum atomic E-state index is -0.126. The van der Waals surface area contributed by atoms with E-state index < -0.39 is 0 Å². The highest BCUT2D eigenvalue weighted by molar-refractivity contribution is 5.08. The number of hydrogen-bond donors (Lipinski definition) is 0. The van der Waals surface area contributed by atoms with Crippen LogP contribution in [0.2, 0.25) is 0 Å². The molecule has 9 nitrogen and oxygen atoms in total. The Kier molecular flexibility index (Phi) is 7.58. The van der Waals surface area contributed by atoms with Gasteiger partial charge >= 0.3 is 18.0 Å². The van der Waals surface area contributed by atoms with Crippen LogP contribution in [0.1, 0.15) is 0 Å². The number of aromatic nitrogens is 3. The number of ether oxygens (including phenoxy) is 6. The Balaban J connectivity index is 2.71. The second kappa shape index (κ2) is 9.89. The molecule has 0 fully saturated rings. The minimum absolute atomic E-state index is 0.0611. The van der Waals surface area contributed by atoms with Crippen LogP contribution in [-0.2, 0) is 14.2 Å². The van der Waals surface area contributed by atoms with Crippen LogP contribution in [0.4, 0.5) is 0 Å². The average molecular weight is 297 g/mol. The third kappa shape index (κ3) is 6.66. The van der Waals surface area contributed by atoms with Gasteiger partial charge in [-0.25, -0.2) is 0 Å². The molecule has 0 N–H and O–H groups in total. The summed E-state index contributed by atoms with van der Waals surface area (Å²) in [6, 6.07) is -0.183. The van der Waals surface area contributed by atoms with Gasteiger partial charge in [-0.15, -0.1) is 15.0 Å². The molecule has 21 heavy (non-hydrogen) atoms. The monoisotopic (exact) mass is 297 g/mol. The van der Waals surface area contributed by atoms with Crippen LogP contribution in [0.15, 0.2) is 38.5 Å². The Hall–Kier alpha value is -2.97. The molecule has 1 heterocycles. The van der Waals surface area contributed by atoms with Gasteiger partial charge in [-0.1, -0.05) is 19.7 Å². The number of hydrogen-bond acceptors (Lipinski definition) is 9. The van der Waals surface area contributed by atoms with Gasteiger partial charge in [0.05, 0.1) is 18.8 Å². The molecule has 0 aliphatic rings. The fourth-order valence-corrected chi connectivity index (χ4v) is 0.919. The lowest BCUT2D eigenvalue weighted by molar-refractivity contribution is 0.0501. The van der Waals surface area contributed by atoms with E-state index in [9.17, 15) is 0 Å². The van der Waals surface area contributed by atoms with E-state index in [4.69, 9.17) is 28.4 Å². The molecular formula is C12H15N3O6. The molecule has 0 radical (unpaired) electrons. The highest BCUT2D eigenvalue weighted by Gasteiger charge is 2.10. The summed E-state index contributed by atoms with van der Waals surface area (Å²) >= 11 is 0. The molecule has 0 atom stereocenters. The van der Waals surface area contributed by atoms with E-state index in [1.165, 1.54) is 18.8 Å². The van der Waals surface area contributed by atoms with Gasteiger partial charge in [0.2, 0.25) is 20.4 Å². The average Bonchev–Trinajstić information content (AvgIpc) is 2.48. The Bertz CT molecular complexity index is 389. The molecule has 0 aliphatic heterocycles. The molecule has 0 aliphatic carbocycles. The van der Waals surface area contributed by atoms with Crippen LogP contribution in [0.25, 0.3) is 0 Å². The molecule has 1 aromatic rings. The van der Waals surface area contributed by atoms with Crippen molar-refractivity contribution in [1.29, 1.82) is 0 Å². The summed E-state index contributed by atoms with van der Waals surface area (Å²) in [5, 5.41) is 0. The first-order chi connectivity index (χ1) is 10.3. The second-order valence-electron chi connectivity index (χ2n) is 2.97. The third-order valence-corrected chi connectivity index (χ3v) is 1.70. The van der Waals surface area contributed by atoms with Crippen molar-refractivity contribution in [3.05, 3.63) is 38.5 Å². The van der Waals surface area contributed by atoms with E-state index in [1.807, 2.05) is 0 Å². The van der Waals surface area contributed by atoms with Crippen molar-refractivity contribution in [2.75, 3.05) is 20.4 Å². The van der Waals surface area contributed by atoms with Gasteiger partial charge < -0.3 is 28.4 Å². The van der Waals surface area contributed by atoms with Crippen molar-refractivity contribution in [3.8, 4) is 18.0 Å². The molecule has 114 valence electrons. The highest BCUT2D eigenvalue weighted by atomic mass is 16.7. The molecule has 0 aromatic carbocycles. The molecule has 9 heteroatoms. The van der Waals surface area contributed by atoms with Gasteiger partial charge in [0.1, 0.15) is 0 Å². The summed E-state index contributed by atoms with van der Waals surface area (Å²) in [7, 11) is 0. The first-order valence-electron chi connectivity index (χ1n) is 5.62. The standard InChI is InChI=1S/C12H15N3O6/c1-4-16-7-19-10-13-11(20-8-17-5-2)15-12(14-10)21-9-18-6-3/h4-6H,1-3,7-9H2. The van der Waals surface area contributed by atoms with Gasteiger partial charge in [-0.3, -0.25) is 0 Å². The fraction of sp³-hybridized carbons (Fsp3) is 0.250. The summed E-state index contributed by atoms with van der Waals surface area (Å²) < 4.78 is 29.7. The van der Waals surface area contributed by atoms with Gasteiger partial charge in [0.15, 0.2) is 0 Å². The first kappa shape index (κ1) is 16.1. The number of nitrogens with zero attached hydrogens (tertiary/aromatic N) is 3. The van der Waals surface area contributed by atoms with Crippen molar-refractivity contribution >= 4 is 0 Å². The van der Waals surface area contributed by atoms with E-state index in [1.54, 1.807) is 0 Å². The molecule has 0 amide bonds. The molecule has 1 aromatic heterocycles. The van der Waals surface area contributed by atoms with Gasteiger partial charge in [0, 0.05) is 0 Å². The molecule has 0 saturated heterocycles. The zero-order valence-corrected chi connectivity index (χ0v) is 11.3. The Morgan fingerprint density at radius 2 is 0.905 bits per heavy atom. The van der Waals surface area contributed by atoms with Gasteiger partial charge in [-0.2, -0.15) is 0 Å². The maximum atomic E-state index is 5.10. The Labute approximate surface area is 121 Å². The molecule has 0 saturated carbocycles. The van der Waals surface area contributed by atoms with Crippen molar-refractivity contribution in [3.63, 3.8) is 0 Å².